The fraction of sp³-hybridized carbons (Fsp3) is 0.529. The van der Waals surface area contributed by atoms with Crippen molar-refractivity contribution >= 4 is 29.2 Å². The van der Waals surface area contributed by atoms with Crippen LogP contribution in [0, 0.1) is 0 Å². The summed E-state index contributed by atoms with van der Waals surface area (Å²) in [4.78, 5) is 30.0. The molecule has 3 saturated heterocycles. The molecule has 4 rings (SSSR count). The van der Waals surface area contributed by atoms with Gasteiger partial charge in [0.25, 0.3) is 0 Å². The molecule has 3 unspecified atom stereocenters. The maximum absolute atomic E-state index is 12.0. The van der Waals surface area contributed by atoms with E-state index in [1.165, 1.54) is 4.90 Å². The second-order valence-corrected chi connectivity index (χ2v) is 7.42. The van der Waals surface area contributed by atoms with Crippen LogP contribution >= 0.6 is 11.6 Å². The molecule has 3 N–H and O–H groups in total. The van der Waals surface area contributed by atoms with Gasteiger partial charge in [0.1, 0.15) is 12.2 Å². The first-order valence-electron chi connectivity index (χ1n) is 8.84. The minimum atomic E-state index is -0.407. The third kappa shape index (κ3) is 3.37. The number of imide groups is 1. The lowest BCUT2D eigenvalue weighted by atomic mass is 10.2. The Balaban J connectivity index is 1.31. The van der Waals surface area contributed by atoms with E-state index in [1.54, 1.807) is 7.05 Å². The van der Waals surface area contributed by atoms with Crippen molar-refractivity contribution in [3.63, 3.8) is 0 Å². The molecule has 3 fully saturated rings. The van der Waals surface area contributed by atoms with E-state index >= 15 is 0 Å². The summed E-state index contributed by atoms with van der Waals surface area (Å²) in [5, 5.41) is 9.78. The van der Waals surface area contributed by atoms with E-state index in [4.69, 9.17) is 11.6 Å². The Morgan fingerprint density at radius 3 is 2.65 bits per heavy atom. The lowest BCUT2D eigenvalue weighted by Crippen LogP contribution is -2.64. The van der Waals surface area contributed by atoms with Crippen LogP contribution in [-0.4, -0.2) is 79.9 Å². The van der Waals surface area contributed by atoms with Gasteiger partial charge in [0.05, 0.1) is 6.17 Å². The van der Waals surface area contributed by atoms with Gasteiger partial charge < -0.3 is 9.80 Å². The lowest BCUT2D eigenvalue weighted by Gasteiger charge is -2.37. The zero-order chi connectivity index (χ0) is 18.3. The summed E-state index contributed by atoms with van der Waals surface area (Å²) in [5.41, 5.74) is 1.15. The molecular weight excluding hydrogens is 356 g/mol. The maximum atomic E-state index is 12.0. The van der Waals surface area contributed by atoms with E-state index in [-0.39, 0.29) is 24.3 Å². The number of hydrogen-bond donors (Lipinski definition) is 3. The van der Waals surface area contributed by atoms with Gasteiger partial charge in [-0.15, -0.1) is 0 Å². The molecule has 0 aromatic heterocycles. The smallest absolute Gasteiger partial charge is 0.325 e. The molecule has 0 bridgehead atoms. The SMILES string of the molecule is CN1C(=O)NC(=O)C2NC(CN3CCN(c4cccc(Cl)c4)CC3)NC21. The first-order valence-corrected chi connectivity index (χ1v) is 9.22. The Hall–Kier alpha value is -1.87. The molecule has 1 aromatic rings. The number of halogens is 1. The minimum absolute atomic E-state index is 0.0261. The van der Waals surface area contributed by atoms with Gasteiger partial charge in [0, 0.05) is 50.5 Å². The zero-order valence-electron chi connectivity index (χ0n) is 14.6. The molecular formula is C17H23ClN6O2. The highest BCUT2D eigenvalue weighted by atomic mass is 35.5. The summed E-state index contributed by atoms with van der Waals surface area (Å²) in [5.74, 6) is -0.265. The van der Waals surface area contributed by atoms with Crippen LogP contribution in [0.5, 0.6) is 0 Å². The fourth-order valence-corrected chi connectivity index (χ4v) is 4.02. The molecule has 3 heterocycles. The summed E-state index contributed by atoms with van der Waals surface area (Å²) in [6.45, 7) is 4.51. The lowest BCUT2D eigenvalue weighted by molar-refractivity contribution is -0.124. The topological polar surface area (TPSA) is 80.0 Å². The first kappa shape index (κ1) is 17.5. The van der Waals surface area contributed by atoms with E-state index in [0.717, 1.165) is 43.4 Å². The number of fused-ring (bicyclic) bond motifs is 1. The number of carbonyl (C=O) groups excluding carboxylic acids is 2. The number of likely N-dealkylation sites (N-methyl/N-ethyl adjacent to an activating group) is 1. The highest BCUT2D eigenvalue weighted by Crippen LogP contribution is 2.21. The van der Waals surface area contributed by atoms with Crippen molar-refractivity contribution in [2.24, 2.45) is 0 Å². The largest absolute Gasteiger partial charge is 0.369 e. The van der Waals surface area contributed by atoms with E-state index in [1.807, 2.05) is 18.2 Å². The highest BCUT2D eigenvalue weighted by Gasteiger charge is 2.46. The first-order chi connectivity index (χ1) is 12.5. The van der Waals surface area contributed by atoms with Gasteiger partial charge in [-0.1, -0.05) is 17.7 Å². The number of piperazine rings is 1. The number of nitrogens with one attached hydrogen (secondary N) is 3. The Morgan fingerprint density at radius 2 is 1.92 bits per heavy atom. The third-order valence-corrected chi connectivity index (χ3v) is 5.54. The van der Waals surface area contributed by atoms with E-state index in [0.29, 0.717) is 0 Å². The molecule has 9 heteroatoms. The predicted molar refractivity (Wildman–Crippen MR) is 99.0 cm³/mol. The van der Waals surface area contributed by atoms with Crippen molar-refractivity contribution in [1.82, 2.24) is 25.8 Å². The molecule has 0 aliphatic carbocycles. The molecule has 1 aromatic carbocycles. The molecule has 3 atom stereocenters. The Morgan fingerprint density at radius 1 is 1.15 bits per heavy atom. The number of hydrogen-bond acceptors (Lipinski definition) is 6. The number of urea groups is 1. The summed E-state index contributed by atoms with van der Waals surface area (Å²) < 4.78 is 0. The van der Waals surface area contributed by atoms with Crippen molar-refractivity contribution in [2.75, 3.05) is 44.7 Å². The molecule has 8 nitrogen and oxygen atoms in total. The number of carbonyl (C=O) groups is 2. The van der Waals surface area contributed by atoms with Crippen molar-refractivity contribution in [1.29, 1.82) is 0 Å². The number of amides is 3. The van der Waals surface area contributed by atoms with Crippen LogP contribution in [0.4, 0.5) is 10.5 Å². The van der Waals surface area contributed by atoms with Gasteiger partial charge in [-0.2, -0.15) is 0 Å². The molecule has 3 amide bonds. The van der Waals surface area contributed by atoms with Crippen molar-refractivity contribution in [3.8, 4) is 0 Å². The van der Waals surface area contributed by atoms with Gasteiger partial charge in [0.15, 0.2) is 0 Å². The Labute approximate surface area is 157 Å². The second kappa shape index (κ2) is 7.03. The molecule has 3 aliphatic rings. The van der Waals surface area contributed by atoms with Crippen LogP contribution in [0.1, 0.15) is 0 Å². The highest BCUT2D eigenvalue weighted by molar-refractivity contribution is 6.30. The molecule has 140 valence electrons. The van der Waals surface area contributed by atoms with Crippen molar-refractivity contribution < 1.29 is 9.59 Å². The number of benzene rings is 1. The van der Waals surface area contributed by atoms with Crippen molar-refractivity contribution in [2.45, 2.75) is 18.4 Å². The van der Waals surface area contributed by atoms with Crippen LogP contribution in [0.2, 0.25) is 5.02 Å². The van der Waals surface area contributed by atoms with Crippen molar-refractivity contribution in [3.05, 3.63) is 29.3 Å². The van der Waals surface area contributed by atoms with Gasteiger partial charge in [-0.3, -0.25) is 25.6 Å². The predicted octanol–water partition coefficient (Wildman–Crippen LogP) is -0.143. The normalized spacial score (nSPS) is 29.7. The number of nitrogens with zero attached hydrogens (tertiary/aromatic N) is 3. The Bertz CT molecular complexity index is 708. The van der Waals surface area contributed by atoms with Crippen LogP contribution < -0.4 is 20.9 Å². The number of anilines is 1. The average Bonchev–Trinajstić information content (AvgIpc) is 3.05. The van der Waals surface area contributed by atoms with E-state index in [9.17, 15) is 9.59 Å². The van der Waals surface area contributed by atoms with Crippen LogP contribution in [0.15, 0.2) is 24.3 Å². The minimum Gasteiger partial charge on any atom is -0.369 e. The summed E-state index contributed by atoms with van der Waals surface area (Å²) in [7, 11) is 1.69. The van der Waals surface area contributed by atoms with Crippen LogP contribution in [-0.2, 0) is 4.79 Å². The molecule has 0 radical (unpaired) electrons. The van der Waals surface area contributed by atoms with E-state index < -0.39 is 6.04 Å². The molecule has 26 heavy (non-hydrogen) atoms. The number of rotatable bonds is 3. The van der Waals surface area contributed by atoms with Gasteiger partial charge >= 0.3 is 6.03 Å². The van der Waals surface area contributed by atoms with Gasteiger partial charge in [-0.25, -0.2) is 4.79 Å². The summed E-state index contributed by atoms with van der Waals surface area (Å²) in [6, 6.07) is 7.17. The standard InChI is InChI=1S/C17H23ClN6O2/c1-22-15-14(16(25)21-17(22)26)19-13(20-15)10-23-5-7-24(8-6-23)12-4-2-3-11(18)9-12/h2-4,9,13-15,19-20H,5-8,10H2,1H3,(H,21,25,26). The summed E-state index contributed by atoms with van der Waals surface area (Å²) in [6.07, 6.45) is -0.323. The third-order valence-electron chi connectivity index (χ3n) is 5.31. The summed E-state index contributed by atoms with van der Waals surface area (Å²) >= 11 is 6.09. The van der Waals surface area contributed by atoms with Gasteiger partial charge in [0.2, 0.25) is 5.91 Å². The Kier molecular flexibility index (Phi) is 4.74. The quantitative estimate of drug-likeness (QED) is 0.679. The van der Waals surface area contributed by atoms with Crippen LogP contribution in [0.25, 0.3) is 0 Å². The van der Waals surface area contributed by atoms with Gasteiger partial charge in [-0.05, 0) is 18.2 Å². The fourth-order valence-electron chi connectivity index (χ4n) is 3.84. The maximum Gasteiger partial charge on any atom is 0.325 e. The van der Waals surface area contributed by atoms with E-state index in [2.05, 4.69) is 31.8 Å². The zero-order valence-corrected chi connectivity index (χ0v) is 15.4. The molecule has 0 saturated carbocycles. The van der Waals surface area contributed by atoms with Crippen LogP contribution in [0.3, 0.4) is 0 Å². The average molecular weight is 379 g/mol. The molecule has 3 aliphatic heterocycles. The second-order valence-electron chi connectivity index (χ2n) is 6.98. The molecule has 0 spiro atoms. The monoisotopic (exact) mass is 378 g/mol.